The van der Waals surface area contributed by atoms with E-state index < -0.39 is 0 Å². The van der Waals surface area contributed by atoms with E-state index in [-0.39, 0.29) is 5.92 Å². The minimum absolute atomic E-state index is 0.170. The van der Waals surface area contributed by atoms with Crippen molar-refractivity contribution in [1.82, 2.24) is 0 Å². The van der Waals surface area contributed by atoms with Gasteiger partial charge in [-0.2, -0.15) is 0 Å². The average molecular weight is 344 g/mol. The van der Waals surface area contributed by atoms with Crippen LogP contribution >= 0.6 is 27.5 Å². The molecule has 1 nitrogen and oxygen atoms in total. The topological polar surface area (TPSA) is 17.1 Å². The van der Waals surface area contributed by atoms with E-state index in [4.69, 9.17) is 11.6 Å². The van der Waals surface area contributed by atoms with Crippen molar-refractivity contribution in [3.8, 4) is 0 Å². The molecule has 1 aromatic rings. The molecule has 1 fully saturated rings. The molecule has 0 radical (unpaired) electrons. The fraction of sp³-hybridized carbons (Fsp3) is 0.562. The lowest BCUT2D eigenvalue weighted by Crippen LogP contribution is -2.26. The summed E-state index contributed by atoms with van der Waals surface area (Å²) in [6.07, 6.45) is 6.13. The van der Waals surface area contributed by atoms with Gasteiger partial charge in [-0.1, -0.05) is 53.4 Å². The van der Waals surface area contributed by atoms with Crippen LogP contribution in [-0.4, -0.2) is 5.78 Å². The molecule has 3 heteroatoms. The molecule has 0 bridgehead atoms. The minimum Gasteiger partial charge on any atom is -0.299 e. The van der Waals surface area contributed by atoms with E-state index in [0.717, 1.165) is 46.7 Å². The van der Waals surface area contributed by atoms with Gasteiger partial charge in [0.15, 0.2) is 0 Å². The van der Waals surface area contributed by atoms with E-state index in [0.29, 0.717) is 5.78 Å². The zero-order chi connectivity index (χ0) is 13.8. The van der Waals surface area contributed by atoms with E-state index in [1.807, 2.05) is 18.2 Å². The van der Waals surface area contributed by atoms with Crippen LogP contribution in [0.15, 0.2) is 22.7 Å². The fourth-order valence-electron chi connectivity index (χ4n) is 3.02. The number of hydrogen-bond acceptors (Lipinski definition) is 1. The highest BCUT2D eigenvalue weighted by atomic mass is 79.9. The summed E-state index contributed by atoms with van der Waals surface area (Å²) in [5, 5.41) is 0.764. The second-order valence-corrected chi connectivity index (χ2v) is 6.86. The number of Topliss-reactive ketones (excluding diaryl/α,β-unsaturated/α-hetero) is 1. The monoisotopic (exact) mass is 342 g/mol. The van der Waals surface area contributed by atoms with Gasteiger partial charge in [0.2, 0.25) is 0 Å². The van der Waals surface area contributed by atoms with Gasteiger partial charge in [0.1, 0.15) is 5.78 Å². The summed E-state index contributed by atoms with van der Waals surface area (Å²) in [5.74, 6) is 1.32. The Labute approximate surface area is 128 Å². The average Bonchev–Trinajstić information content (AvgIpc) is 2.37. The Hall–Kier alpha value is -0.340. The molecule has 19 heavy (non-hydrogen) atoms. The van der Waals surface area contributed by atoms with E-state index in [9.17, 15) is 4.79 Å². The number of carbonyl (C=O) groups is 1. The standard InChI is InChI=1S/C16H20BrClO/c1-2-3-11-4-7-16(19)13(8-11)9-12-5-6-14(17)10-15(12)18/h5-6,10-11,13H,2-4,7-9H2,1H3. The molecule has 1 saturated carbocycles. The maximum Gasteiger partial charge on any atom is 0.136 e. The number of ketones is 1. The van der Waals surface area contributed by atoms with Crippen molar-refractivity contribution in [2.24, 2.45) is 11.8 Å². The maximum absolute atomic E-state index is 12.1. The molecule has 1 aliphatic carbocycles. The van der Waals surface area contributed by atoms with Gasteiger partial charge >= 0.3 is 0 Å². The van der Waals surface area contributed by atoms with E-state index in [1.165, 1.54) is 12.8 Å². The fourth-order valence-corrected chi connectivity index (χ4v) is 3.77. The molecule has 1 aromatic carbocycles. The van der Waals surface area contributed by atoms with E-state index >= 15 is 0 Å². The molecule has 0 spiro atoms. The van der Waals surface area contributed by atoms with Crippen LogP contribution in [-0.2, 0) is 11.2 Å². The number of halogens is 2. The van der Waals surface area contributed by atoms with Crippen LogP contribution in [0.1, 0.15) is 44.6 Å². The van der Waals surface area contributed by atoms with Gasteiger partial charge in [0.05, 0.1) is 0 Å². The first-order chi connectivity index (χ1) is 9.10. The molecular weight excluding hydrogens is 324 g/mol. The first-order valence-electron chi connectivity index (χ1n) is 7.06. The molecule has 0 amide bonds. The number of hydrogen-bond donors (Lipinski definition) is 0. The van der Waals surface area contributed by atoms with Gasteiger partial charge in [-0.15, -0.1) is 0 Å². The molecule has 2 rings (SSSR count). The van der Waals surface area contributed by atoms with Gasteiger partial charge in [-0.25, -0.2) is 0 Å². The Balaban J connectivity index is 2.05. The lowest BCUT2D eigenvalue weighted by Gasteiger charge is -2.28. The molecular formula is C16H20BrClO. The highest BCUT2D eigenvalue weighted by molar-refractivity contribution is 9.10. The Morgan fingerprint density at radius 3 is 2.89 bits per heavy atom. The zero-order valence-corrected chi connectivity index (χ0v) is 13.6. The Morgan fingerprint density at radius 1 is 1.42 bits per heavy atom. The highest BCUT2D eigenvalue weighted by Gasteiger charge is 2.28. The smallest absolute Gasteiger partial charge is 0.136 e. The Morgan fingerprint density at radius 2 is 2.21 bits per heavy atom. The second kappa shape index (κ2) is 6.90. The quantitative estimate of drug-likeness (QED) is 0.712. The van der Waals surface area contributed by atoms with Crippen molar-refractivity contribution in [2.75, 3.05) is 0 Å². The van der Waals surface area contributed by atoms with Gasteiger partial charge in [0.25, 0.3) is 0 Å². The van der Waals surface area contributed by atoms with Crippen molar-refractivity contribution in [2.45, 2.75) is 45.4 Å². The summed E-state index contributed by atoms with van der Waals surface area (Å²) in [6, 6.07) is 5.94. The predicted molar refractivity (Wildman–Crippen MR) is 83.6 cm³/mol. The third-order valence-corrected chi connectivity index (χ3v) is 4.90. The first-order valence-corrected chi connectivity index (χ1v) is 8.24. The van der Waals surface area contributed by atoms with Crippen LogP contribution in [0.3, 0.4) is 0 Å². The third kappa shape index (κ3) is 4.06. The minimum atomic E-state index is 0.170. The molecule has 2 atom stereocenters. The van der Waals surface area contributed by atoms with Crippen molar-refractivity contribution in [3.05, 3.63) is 33.3 Å². The first kappa shape index (κ1) is 15.1. The third-order valence-electron chi connectivity index (χ3n) is 4.05. The molecule has 0 aromatic heterocycles. The molecule has 104 valence electrons. The lowest BCUT2D eigenvalue weighted by atomic mass is 9.76. The molecule has 0 aliphatic heterocycles. The number of benzene rings is 1. The Bertz CT molecular complexity index is 458. The molecule has 0 N–H and O–H groups in total. The summed E-state index contributed by atoms with van der Waals surface area (Å²) in [5.41, 5.74) is 1.10. The maximum atomic E-state index is 12.1. The largest absolute Gasteiger partial charge is 0.299 e. The van der Waals surface area contributed by atoms with Crippen molar-refractivity contribution in [1.29, 1.82) is 0 Å². The molecule has 0 heterocycles. The lowest BCUT2D eigenvalue weighted by molar-refractivity contribution is -0.125. The van der Waals surface area contributed by atoms with Crippen LogP contribution < -0.4 is 0 Å². The van der Waals surface area contributed by atoms with E-state index in [2.05, 4.69) is 22.9 Å². The van der Waals surface area contributed by atoms with Gasteiger partial charge in [-0.3, -0.25) is 4.79 Å². The van der Waals surface area contributed by atoms with Crippen molar-refractivity contribution in [3.63, 3.8) is 0 Å². The Kier molecular flexibility index (Phi) is 5.47. The molecule has 2 unspecified atom stereocenters. The van der Waals surface area contributed by atoms with Crippen LogP contribution in [0.5, 0.6) is 0 Å². The van der Waals surface area contributed by atoms with Gasteiger partial charge in [-0.05, 0) is 42.9 Å². The second-order valence-electron chi connectivity index (χ2n) is 5.53. The van der Waals surface area contributed by atoms with Crippen LogP contribution in [0.4, 0.5) is 0 Å². The molecule has 1 aliphatic rings. The summed E-state index contributed by atoms with van der Waals surface area (Å²) in [7, 11) is 0. The SMILES string of the molecule is CCCC1CCC(=O)C(Cc2ccc(Br)cc2Cl)C1. The summed E-state index contributed by atoms with van der Waals surface area (Å²) >= 11 is 9.66. The highest BCUT2D eigenvalue weighted by Crippen LogP contribution is 2.33. The summed E-state index contributed by atoms with van der Waals surface area (Å²) < 4.78 is 0.986. The normalized spacial score (nSPS) is 23.6. The van der Waals surface area contributed by atoms with Crippen molar-refractivity contribution >= 4 is 33.3 Å². The zero-order valence-electron chi connectivity index (χ0n) is 11.3. The van der Waals surface area contributed by atoms with Crippen LogP contribution in [0.2, 0.25) is 5.02 Å². The van der Waals surface area contributed by atoms with Gasteiger partial charge in [0, 0.05) is 21.8 Å². The van der Waals surface area contributed by atoms with E-state index in [1.54, 1.807) is 0 Å². The number of rotatable bonds is 4. The summed E-state index contributed by atoms with van der Waals surface area (Å²) in [4.78, 5) is 12.1. The van der Waals surface area contributed by atoms with Crippen LogP contribution in [0, 0.1) is 11.8 Å². The number of carbonyl (C=O) groups excluding carboxylic acids is 1. The predicted octanol–water partition coefficient (Wildman–Crippen LogP) is 5.43. The van der Waals surface area contributed by atoms with Crippen molar-refractivity contribution < 1.29 is 4.79 Å². The molecule has 0 saturated heterocycles. The van der Waals surface area contributed by atoms with Gasteiger partial charge < -0.3 is 0 Å². The summed E-state index contributed by atoms with van der Waals surface area (Å²) in [6.45, 7) is 2.22. The van der Waals surface area contributed by atoms with Crippen LogP contribution in [0.25, 0.3) is 0 Å².